The van der Waals surface area contributed by atoms with Gasteiger partial charge in [0.2, 0.25) is 5.91 Å². The van der Waals surface area contributed by atoms with E-state index in [0.717, 1.165) is 44.5 Å². The Hall–Kier alpha value is -3.02. The van der Waals surface area contributed by atoms with E-state index in [-0.39, 0.29) is 18.4 Å². The lowest BCUT2D eigenvalue weighted by Crippen LogP contribution is -2.32. The number of amides is 2. The zero-order valence-electron chi connectivity index (χ0n) is 18.9. The standard InChI is InChI=1S/C25H35N3O3/c1-4-7-17-31-23-14-9-8-13-22(23)27-24(29)19-26-21-12-10-11-20(18-21)25(30)28(15-5-2)16-6-3/h8-14,18,26H,4-7,15-17,19H2,1-3H3,(H,27,29). The second kappa shape index (κ2) is 13.3. The normalized spacial score (nSPS) is 10.4. The SMILES string of the molecule is CCCCOc1ccccc1NC(=O)CNc1cccc(C(=O)N(CCC)CCC)c1. The fraction of sp³-hybridized carbons (Fsp3) is 0.440. The quantitative estimate of drug-likeness (QED) is 0.434. The van der Waals surface area contributed by atoms with E-state index in [1.54, 1.807) is 6.07 Å². The number of carbonyl (C=O) groups is 2. The van der Waals surface area contributed by atoms with E-state index < -0.39 is 0 Å². The van der Waals surface area contributed by atoms with E-state index >= 15 is 0 Å². The molecule has 0 saturated carbocycles. The topological polar surface area (TPSA) is 70.7 Å². The predicted octanol–water partition coefficient (Wildman–Crippen LogP) is 5.18. The molecule has 0 radical (unpaired) electrons. The highest BCUT2D eigenvalue weighted by Gasteiger charge is 2.15. The van der Waals surface area contributed by atoms with Gasteiger partial charge in [-0.2, -0.15) is 0 Å². The molecule has 0 unspecified atom stereocenters. The number of nitrogens with zero attached hydrogens (tertiary/aromatic N) is 1. The molecule has 0 bridgehead atoms. The van der Waals surface area contributed by atoms with E-state index in [1.807, 2.05) is 47.4 Å². The summed E-state index contributed by atoms with van der Waals surface area (Å²) < 4.78 is 5.77. The van der Waals surface area contributed by atoms with Gasteiger partial charge in [-0.05, 0) is 49.6 Å². The monoisotopic (exact) mass is 425 g/mol. The van der Waals surface area contributed by atoms with Gasteiger partial charge in [0.15, 0.2) is 0 Å². The number of rotatable bonds is 13. The number of carbonyl (C=O) groups excluding carboxylic acids is 2. The molecule has 0 heterocycles. The van der Waals surface area contributed by atoms with Crippen LogP contribution in [0.2, 0.25) is 0 Å². The highest BCUT2D eigenvalue weighted by Crippen LogP contribution is 2.24. The van der Waals surface area contributed by atoms with Crippen molar-refractivity contribution in [2.24, 2.45) is 0 Å². The van der Waals surface area contributed by atoms with Crippen LogP contribution in [0.3, 0.4) is 0 Å². The summed E-state index contributed by atoms with van der Waals surface area (Å²) in [5.41, 5.74) is 2.02. The number of hydrogen-bond acceptors (Lipinski definition) is 4. The minimum Gasteiger partial charge on any atom is -0.491 e. The molecule has 2 aromatic rings. The zero-order valence-corrected chi connectivity index (χ0v) is 18.9. The Kier molecular flexibility index (Phi) is 10.4. The van der Waals surface area contributed by atoms with Crippen molar-refractivity contribution in [2.45, 2.75) is 46.5 Å². The Morgan fingerprint density at radius 2 is 1.68 bits per heavy atom. The van der Waals surface area contributed by atoms with Crippen LogP contribution in [-0.4, -0.2) is 43.0 Å². The summed E-state index contributed by atoms with van der Waals surface area (Å²) in [6.45, 7) is 8.44. The molecule has 2 amide bonds. The zero-order chi connectivity index (χ0) is 22.5. The van der Waals surface area contributed by atoms with Crippen LogP contribution in [-0.2, 0) is 4.79 Å². The fourth-order valence-electron chi connectivity index (χ4n) is 3.20. The van der Waals surface area contributed by atoms with Crippen LogP contribution in [0.25, 0.3) is 0 Å². The Bertz CT molecular complexity index is 832. The molecule has 0 spiro atoms. The summed E-state index contributed by atoms with van der Waals surface area (Å²) in [5.74, 6) is 0.514. The number of nitrogens with one attached hydrogen (secondary N) is 2. The van der Waals surface area contributed by atoms with Crippen LogP contribution >= 0.6 is 0 Å². The molecule has 2 aromatic carbocycles. The molecule has 2 rings (SSSR count). The van der Waals surface area contributed by atoms with Crippen molar-refractivity contribution in [3.05, 3.63) is 54.1 Å². The largest absolute Gasteiger partial charge is 0.491 e. The molecule has 0 aliphatic heterocycles. The molecule has 0 atom stereocenters. The molecule has 0 aromatic heterocycles. The van der Waals surface area contributed by atoms with Crippen molar-refractivity contribution >= 4 is 23.2 Å². The van der Waals surface area contributed by atoms with E-state index in [2.05, 4.69) is 31.4 Å². The van der Waals surface area contributed by atoms with Gasteiger partial charge in [0, 0.05) is 24.3 Å². The Labute approximate surface area is 186 Å². The number of unbranched alkanes of at least 4 members (excludes halogenated alkanes) is 1. The molecular weight excluding hydrogens is 390 g/mol. The molecule has 6 heteroatoms. The third-order valence-electron chi connectivity index (χ3n) is 4.75. The summed E-state index contributed by atoms with van der Waals surface area (Å²) in [4.78, 5) is 27.1. The first kappa shape index (κ1) is 24.3. The molecule has 0 aliphatic rings. The highest BCUT2D eigenvalue weighted by atomic mass is 16.5. The third kappa shape index (κ3) is 7.96. The summed E-state index contributed by atoms with van der Waals surface area (Å²) >= 11 is 0. The number of ether oxygens (including phenoxy) is 1. The summed E-state index contributed by atoms with van der Waals surface area (Å²) in [6, 6.07) is 14.7. The van der Waals surface area contributed by atoms with E-state index in [9.17, 15) is 9.59 Å². The maximum atomic E-state index is 12.8. The lowest BCUT2D eigenvalue weighted by Gasteiger charge is -2.21. The van der Waals surface area contributed by atoms with Gasteiger partial charge in [-0.25, -0.2) is 0 Å². The molecule has 168 valence electrons. The van der Waals surface area contributed by atoms with Gasteiger partial charge in [0.05, 0.1) is 18.8 Å². The maximum absolute atomic E-state index is 12.8. The van der Waals surface area contributed by atoms with Gasteiger partial charge >= 0.3 is 0 Å². The van der Waals surface area contributed by atoms with Gasteiger partial charge < -0.3 is 20.3 Å². The van der Waals surface area contributed by atoms with Gasteiger partial charge in [-0.3, -0.25) is 9.59 Å². The molecule has 0 saturated heterocycles. The number of benzene rings is 2. The van der Waals surface area contributed by atoms with Crippen molar-refractivity contribution < 1.29 is 14.3 Å². The maximum Gasteiger partial charge on any atom is 0.253 e. The van der Waals surface area contributed by atoms with Gasteiger partial charge in [0.1, 0.15) is 5.75 Å². The minimum absolute atomic E-state index is 0.0231. The Morgan fingerprint density at radius 3 is 2.39 bits per heavy atom. The van der Waals surface area contributed by atoms with Crippen LogP contribution < -0.4 is 15.4 Å². The average Bonchev–Trinajstić information content (AvgIpc) is 2.78. The summed E-state index contributed by atoms with van der Waals surface area (Å²) in [6.07, 6.45) is 3.86. The van der Waals surface area contributed by atoms with Gasteiger partial charge in [0.25, 0.3) is 5.91 Å². The first-order valence-corrected chi connectivity index (χ1v) is 11.2. The van der Waals surface area contributed by atoms with Crippen LogP contribution in [0, 0.1) is 0 Å². The second-order valence-electron chi connectivity index (χ2n) is 7.47. The first-order valence-electron chi connectivity index (χ1n) is 11.2. The van der Waals surface area contributed by atoms with Crippen LogP contribution in [0.1, 0.15) is 56.8 Å². The number of anilines is 2. The molecule has 2 N–H and O–H groups in total. The fourth-order valence-corrected chi connectivity index (χ4v) is 3.20. The van der Waals surface area contributed by atoms with Crippen LogP contribution in [0.4, 0.5) is 11.4 Å². The highest BCUT2D eigenvalue weighted by molar-refractivity contribution is 5.96. The smallest absolute Gasteiger partial charge is 0.253 e. The summed E-state index contributed by atoms with van der Waals surface area (Å²) in [5, 5.41) is 6.01. The molecule has 0 aliphatic carbocycles. The number of hydrogen-bond donors (Lipinski definition) is 2. The summed E-state index contributed by atoms with van der Waals surface area (Å²) in [7, 11) is 0. The first-order chi connectivity index (χ1) is 15.1. The van der Waals surface area contributed by atoms with E-state index in [4.69, 9.17) is 4.74 Å². The third-order valence-corrected chi connectivity index (χ3v) is 4.75. The van der Waals surface area contributed by atoms with E-state index in [1.165, 1.54) is 0 Å². The van der Waals surface area contributed by atoms with Crippen LogP contribution in [0.5, 0.6) is 5.75 Å². The average molecular weight is 426 g/mol. The lowest BCUT2D eigenvalue weighted by atomic mass is 10.1. The lowest BCUT2D eigenvalue weighted by molar-refractivity contribution is -0.114. The van der Waals surface area contributed by atoms with Crippen LogP contribution in [0.15, 0.2) is 48.5 Å². The Balaban J connectivity index is 1.96. The van der Waals surface area contributed by atoms with Crippen molar-refractivity contribution in [1.82, 2.24) is 4.90 Å². The van der Waals surface area contributed by atoms with Gasteiger partial charge in [-0.15, -0.1) is 0 Å². The molecule has 0 fully saturated rings. The molecule has 31 heavy (non-hydrogen) atoms. The minimum atomic E-state index is -0.179. The van der Waals surface area contributed by atoms with E-state index in [0.29, 0.717) is 23.6 Å². The molecular formula is C25H35N3O3. The number of para-hydroxylation sites is 2. The molecule has 6 nitrogen and oxygen atoms in total. The van der Waals surface area contributed by atoms with Crippen molar-refractivity contribution in [3.8, 4) is 5.75 Å². The second-order valence-corrected chi connectivity index (χ2v) is 7.47. The van der Waals surface area contributed by atoms with Crippen molar-refractivity contribution in [3.63, 3.8) is 0 Å². The predicted molar refractivity (Wildman–Crippen MR) is 127 cm³/mol. The van der Waals surface area contributed by atoms with Crippen molar-refractivity contribution in [2.75, 3.05) is 36.9 Å². The Morgan fingerprint density at radius 1 is 0.935 bits per heavy atom. The van der Waals surface area contributed by atoms with Gasteiger partial charge in [-0.1, -0.05) is 45.4 Å². The van der Waals surface area contributed by atoms with Crippen molar-refractivity contribution in [1.29, 1.82) is 0 Å².